The molecule has 0 amide bonds. The third kappa shape index (κ3) is 11.4. The molecule has 0 aliphatic rings. The van der Waals surface area contributed by atoms with E-state index in [4.69, 9.17) is 25.8 Å². The topological polar surface area (TPSA) is 27.7 Å². The van der Waals surface area contributed by atoms with Crippen molar-refractivity contribution in [2.45, 2.75) is 19.3 Å². The minimum atomic E-state index is 0.0258. The van der Waals surface area contributed by atoms with E-state index < -0.39 is 0 Å². The van der Waals surface area contributed by atoms with Crippen molar-refractivity contribution in [2.24, 2.45) is 0 Å². The zero-order chi connectivity index (χ0) is 21.2. The average molecular weight is 415 g/mol. The summed E-state index contributed by atoms with van der Waals surface area (Å²) in [5, 5.41) is 0. The lowest BCUT2D eigenvalue weighted by Crippen LogP contribution is -2.01. The molecule has 0 aliphatic carbocycles. The molecule has 0 saturated carbocycles. The van der Waals surface area contributed by atoms with E-state index in [-0.39, 0.29) is 6.10 Å². The van der Waals surface area contributed by atoms with Gasteiger partial charge in [-0.1, -0.05) is 91.0 Å². The largest absolute Gasteiger partial charge is 0.380 e. The molecule has 0 saturated heterocycles. The maximum atomic E-state index is 5.68. The van der Waals surface area contributed by atoms with Crippen molar-refractivity contribution < 1.29 is 14.2 Å². The van der Waals surface area contributed by atoms with Gasteiger partial charge in [0.2, 0.25) is 0 Å². The lowest BCUT2D eigenvalue weighted by atomic mass is 10.1. The van der Waals surface area contributed by atoms with Gasteiger partial charge in [-0.05, 0) is 16.7 Å². The van der Waals surface area contributed by atoms with Crippen molar-refractivity contribution in [3.63, 3.8) is 0 Å². The van der Waals surface area contributed by atoms with Crippen LogP contribution >= 0.6 is 11.6 Å². The maximum Gasteiger partial charge on any atom is 0.0956 e. The van der Waals surface area contributed by atoms with Crippen LogP contribution in [-0.4, -0.2) is 27.2 Å². The van der Waals surface area contributed by atoms with Crippen LogP contribution in [0.15, 0.2) is 91.0 Å². The summed E-state index contributed by atoms with van der Waals surface area (Å²) in [6.07, 6.45) is 0.0258. The number of hydrogen-bond acceptors (Lipinski definition) is 3. The van der Waals surface area contributed by atoms with Crippen LogP contribution in [-0.2, 0) is 27.4 Å². The first-order valence-corrected chi connectivity index (χ1v) is 9.98. The minimum Gasteiger partial charge on any atom is -0.380 e. The first kappa shape index (κ1) is 24.9. The van der Waals surface area contributed by atoms with Crippen LogP contribution in [0.5, 0.6) is 0 Å². The third-order valence-corrected chi connectivity index (χ3v) is 4.18. The number of ether oxygens (including phenoxy) is 3. The Balaban J connectivity index is 0.000000219. The van der Waals surface area contributed by atoms with Crippen molar-refractivity contribution in [1.29, 1.82) is 0 Å². The zero-order valence-electron chi connectivity index (χ0n) is 17.5. The highest BCUT2D eigenvalue weighted by Crippen LogP contribution is 2.16. The number of hydrogen-bond donors (Lipinski definition) is 0. The van der Waals surface area contributed by atoms with Gasteiger partial charge in [0.25, 0.3) is 0 Å². The predicted molar refractivity (Wildman–Crippen MR) is 121 cm³/mol. The lowest BCUT2D eigenvalue weighted by molar-refractivity contribution is 0.122. The predicted octanol–water partition coefficient (Wildman–Crippen LogP) is 6.28. The van der Waals surface area contributed by atoms with E-state index in [9.17, 15) is 0 Å². The summed E-state index contributed by atoms with van der Waals surface area (Å²) in [5.41, 5.74) is 3.57. The number of alkyl halides is 1. The molecule has 0 aromatic heterocycles. The zero-order valence-corrected chi connectivity index (χ0v) is 18.2. The number of benzene rings is 3. The molecule has 0 spiro atoms. The Morgan fingerprint density at radius 2 is 1.00 bits per heavy atom. The van der Waals surface area contributed by atoms with Crippen LogP contribution in [0.25, 0.3) is 0 Å². The summed E-state index contributed by atoms with van der Waals surface area (Å²) in [5.74, 6) is 0.501. The molecule has 0 aliphatic heterocycles. The molecule has 0 bridgehead atoms. The van der Waals surface area contributed by atoms with Crippen LogP contribution < -0.4 is 0 Å². The summed E-state index contributed by atoms with van der Waals surface area (Å²) in [7, 11) is 5.07. The molecular formula is C25H31ClO3. The van der Waals surface area contributed by atoms with E-state index in [2.05, 4.69) is 0 Å². The van der Waals surface area contributed by atoms with Gasteiger partial charge in [0.15, 0.2) is 0 Å². The molecule has 29 heavy (non-hydrogen) atoms. The highest BCUT2D eigenvalue weighted by Gasteiger charge is 2.06. The van der Waals surface area contributed by atoms with Gasteiger partial charge in [0, 0.05) is 21.3 Å². The van der Waals surface area contributed by atoms with Crippen molar-refractivity contribution in [1.82, 2.24) is 0 Å². The minimum absolute atomic E-state index is 0.0258. The molecule has 0 N–H and O–H groups in total. The Hall–Kier alpha value is -2.17. The fraction of sp³-hybridized carbons (Fsp3) is 0.280. The molecule has 156 valence electrons. The average Bonchev–Trinajstić information content (AvgIpc) is 2.78. The second-order valence-electron chi connectivity index (χ2n) is 6.13. The van der Waals surface area contributed by atoms with Gasteiger partial charge in [0.05, 0.1) is 25.2 Å². The van der Waals surface area contributed by atoms with Gasteiger partial charge >= 0.3 is 0 Å². The summed E-state index contributed by atoms with van der Waals surface area (Å²) in [6, 6.07) is 30.2. The van der Waals surface area contributed by atoms with Gasteiger partial charge in [-0.3, -0.25) is 0 Å². The Morgan fingerprint density at radius 3 is 1.31 bits per heavy atom. The normalized spacial score (nSPS) is 10.8. The SMILES string of the molecule is COC(CCl)c1ccccc1.COCc1ccccc1.COCc1ccccc1. The molecular weight excluding hydrogens is 384 g/mol. The van der Waals surface area contributed by atoms with Crippen LogP contribution in [0.3, 0.4) is 0 Å². The highest BCUT2D eigenvalue weighted by molar-refractivity contribution is 6.18. The standard InChI is InChI=1S/C9H11ClO.2C8H10O/c1-11-9(7-10)8-5-3-2-4-6-8;2*1-9-7-8-5-3-2-4-6-8/h2-6,9H,7H2,1H3;2*2-6H,7H2,1H3. The molecule has 1 unspecified atom stereocenters. The van der Waals surface area contributed by atoms with Crippen LogP contribution in [0.4, 0.5) is 0 Å². The molecule has 0 fully saturated rings. The van der Waals surface area contributed by atoms with Crippen LogP contribution in [0.2, 0.25) is 0 Å². The second-order valence-corrected chi connectivity index (χ2v) is 6.44. The van der Waals surface area contributed by atoms with E-state index >= 15 is 0 Å². The Labute approximate surface area is 180 Å². The van der Waals surface area contributed by atoms with E-state index in [0.29, 0.717) is 19.1 Å². The summed E-state index contributed by atoms with van der Waals surface area (Å²) >= 11 is 5.68. The van der Waals surface area contributed by atoms with Crippen LogP contribution in [0.1, 0.15) is 22.8 Å². The highest BCUT2D eigenvalue weighted by atomic mass is 35.5. The molecule has 3 aromatic carbocycles. The molecule has 3 rings (SSSR count). The van der Waals surface area contributed by atoms with Gasteiger partial charge in [0.1, 0.15) is 0 Å². The fourth-order valence-corrected chi connectivity index (χ4v) is 2.74. The quantitative estimate of drug-likeness (QED) is 0.426. The van der Waals surface area contributed by atoms with E-state index in [0.717, 1.165) is 5.56 Å². The van der Waals surface area contributed by atoms with Crippen molar-refractivity contribution >= 4 is 11.6 Å². The Morgan fingerprint density at radius 1 is 0.621 bits per heavy atom. The third-order valence-electron chi connectivity index (χ3n) is 3.90. The maximum absolute atomic E-state index is 5.68. The first-order valence-electron chi connectivity index (χ1n) is 9.44. The van der Waals surface area contributed by atoms with Gasteiger partial charge in [-0.25, -0.2) is 0 Å². The van der Waals surface area contributed by atoms with Crippen molar-refractivity contribution in [3.05, 3.63) is 108 Å². The lowest BCUT2D eigenvalue weighted by Gasteiger charge is -2.11. The fourth-order valence-electron chi connectivity index (χ4n) is 2.44. The summed E-state index contributed by atoms with van der Waals surface area (Å²) < 4.78 is 15.0. The molecule has 3 nitrogen and oxygen atoms in total. The van der Waals surface area contributed by atoms with Crippen molar-refractivity contribution in [3.8, 4) is 0 Å². The Bertz CT molecular complexity index is 675. The van der Waals surface area contributed by atoms with E-state index in [1.54, 1.807) is 21.3 Å². The van der Waals surface area contributed by atoms with Gasteiger partial charge in [-0.15, -0.1) is 11.6 Å². The molecule has 3 aromatic rings. The van der Waals surface area contributed by atoms with E-state index in [1.807, 2.05) is 91.0 Å². The van der Waals surface area contributed by atoms with E-state index in [1.165, 1.54) is 11.1 Å². The van der Waals surface area contributed by atoms with Gasteiger partial charge in [-0.2, -0.15) is 0 Å². The smallest absolute Gasteiger partial charge is 0.0956 e. The van der Waals surface area contributed by atoms with Gasteiger partial charge < -0.3 is 14.2 Å². The van der Waals surface area contributed by atoms with Crippen molar-refractivity contribution in [2.75, 3.05) is 27.2 Å². The monoisotopic (exact) mass is 414 g/mol. The number of halogens is 1. The second kappa shape index (κ2) is 16.8. The molecule has 0 heterocycles. The number of rotatable bonds is 7. The molecule has 4 heteroatoms. The summed E-state index contributed by atoms with van der Waals surface area (Å²) in [6.45, 7) is 1.42. The molecule has 1 atom stereocenters. The molecule has 0 radical (unpaired) electrons. The number of methoxy groups -OCH3 is 3. The Kier molecular flexibility index (Phi) is 14.4. The van der Waals surface area contributed by atoms with Crippen LogP contribution in [0, 0.1) is 0 Å². The summed E-state index contributed by atoms with van der Waals surface area (Å²) in [4.78, 5) is 0. The first-order chi connectivity index (χ1) is 14.2.